The van der Waals surface area contributed by atoms with Crippen LogP contribution < -0.4 is 0 Å². The van der Waals surface area contributed by atoms with Gasteiger partial charge in [0.1, 0.15) is 11.0 Å². The van der Waals surface area contributed by atoms with Gasteiger partial charge in [0, 0.05) is 11.9 Å². The maximum atomic E-state index is 13.0. The highest BCUT2D eigenvalue weighted by molar-refractivity contribution is 6.34. The summed E-state index contributed by atoms with van der Waals surface area (Å²) >= 11 is 6.36. The Hall–Kier alpha value is -2.13. The molecular formula is C17H13ClFNO. The Labute approximate surface area is 126 Å². The van der Waals surface area contributed by atoms with E-state index in [1.54, 1.807) is 12.1 Å². The topological polar surface area (TPSA) is 22.0 Å². The highest BCUT2D eigenvalue weighted by Gasteiger charge is 2.16. The fourth-order valence-electron chi connectivity index (χ4n) is 2.62. The van der Waals surface area contributed by atoms with Gasteiger partial charge in [-0.15, -0.1) is 0 Å². The van der Waals surface area contributed by atoms with Crippen molar-refractivity contribution in [1.29, 1.82) is 0 Å². The lowest BCUT2D eigenvalue weighted by molar-refractivity contribution is 0.112. The van der Waals surface area contributed by atoms with Crippen LogP contribution in [-0.2, 0) is 6.54 Å². The Morgan fingerprint density at radius 3 is 2.57 bits per heavy atom. The Morgan fingerprint density at radius 2 is 1.90 bits per heavy atom. The second-order valence-corrected chi connectivity index (χ2v) is 5.36. The standard InChI is InChI=1S/C17H13ClFNO/c1-11-3-2-4-14-15(10-21)17(18)20(16(11)14)9-12-5-7-13(19)8-6-12/h2-8,10H,9H2,1H3. The number of fused-ring (bicyclic) bond motifs is 1. The first-order valence-electron chi connectivity index (χ1n) is 6.58. The summed E-state index contributed by atoms with van der Waals surface area (Å²) in [4.78, 5) is 11.3. The van der Waals surface area contributed by atoms with Crippen LogP contribution in [0, 0.1) is 12.7 Å². The Balaban J connectivity index is 2.19. The molecule has 1 heterocycles. The molecule has 0 aliphatic rings. The predicted octanol–water partition coefficient (Wildman–Crippen LogP) is 4.60. The van der Waals surface area contributed by atoms with Gasteiger partial charge in [-0.1, -0.05) is 41.9 Å². The molecule has 4 heteroatoms. The second kappa shape index (κ2) is 5.34. The first-order chi connectivity index (χ1) is 10.1. The molecule has 0 radical (unpaired) electrons. The number of carbonyl (C=O) groups is 1. The van der Waals surface area contributed by atoms with Crippen LogP contribution >= 0.6 is 11.6 Å². The summed E-state index contributed by atoms with van der Waals surface area (Å²) < 4.78 is 14.9. The van der Waals surface area contributed by atoms with Gasteiger partial charge in [0.2, 0.25) is 0 Å². The van der Waals surface area contributed by atoms with Crippen molar-refractivity contribution in [2.24, 2.45) is 0 Å². The molecule has 3 rings (SSSR count). The summed E-state index contributed by atoms with van der Waals surface area (Å²) in [5.41, 5.74) is 3.41. The van der Waals surface area contributed by atoms with Gasteiger partial charge in [0.15, 0.2) is 6.29 Å². The number of para-hydroxylation sites is 1. The molecule has 1 aromatic heterocycles. The maximum Gasteiger partial charge on any atom is 0.153 e. The summed E-state index contributed by atoms with van der Waals surface area (Å²) in [6.07, 6.45) is 0.783. The van der Waals surface area contributed by atoms with Crippen molar-refractivity contribution in [3.05, 3.63) is 70.1 Å². The average Bonchev–Trinajstić information content (AvgIpc) is 2.75. The van der Waals surface area contributed by atoms with Gasteiger partial charge < -0.3 is 4.57 Å². The average molecular weight is 302 g/mol. The van der Waals surface area contributed by atoms with Gasteiger partial charge >= 0.3 is 0 Å². The lowest BCUT2D eigenvalue weighted by Crippen LogP contribution is -2.01. The zero-order chi connectivity index (χ0) is 15.0. The van der Waals surface area contributed by atoms with Crippen LogP contribution in [0.5, 0.6) is 0 Å². The van der Waals surface area contributed by atoms with Crippen molar-refractivity contribution in [3.8, 4) is 0 Å². The lowest BCUT2D eigenvalue weighted by Gasteiger charge is -2.09. The molecule has 0 spiro atoms. The zero-order valence-electron chi connectivity index (χ0n) is 11.4. The quantitative estimate of drug-likeness (QED) is 0.648. The van der Waals surface area contributed by atoms with E-state index in [0.717, 1.165) is 28.3 Å². The molecule has 0 saturated carbocycles. The van der Waals surface area contributed by atoms with E-state index in [4.69, 9.17) is 11.6 Å². The smallest absolute Gasteiger partial charge is 0.153 e. The Kier molecular flexibility index (Phi) is 3.52. The van der Waals surface area contributed by atoms with E-state index in [-0.39, 0.29) is 5.82 Å². The highest BCUT2D eigenvalue weighted by atomic mass is 35.5. The number of carbonyl (C=O) groups excluding carboxylic acids is 1. The maximum absolute atomic E-state index is 13.0. The molecule has 21 heavy (non-hydrogen) atoms. The monoisotopic (exact) mass is 301 g/mol. The van der Waals surface area contributed by atoms with Crippen molar-refractivity contribution >= 4 is 28.8 Å². The minimum atomic E-state index is -0.271. The molecule has 0 bridgehead atoms. The third kappa shape index (κ3) is 2.34. The molecule has 0 saturated heterocycles. The third-order valence-electron chi connectivity index (χ3n) is 3.63. The van der Waals surface area contributed by atoms with Crippen LogP contribution in [0.1, 0.15) is 21.5 Å². The summed E-state index contributed by atoms with van der Waals surface area (Å²) in [7, 11) is 0. The number of nitrogens with zero attached hydrogens (tertiary/aromatic N) is 1. The third-order valence-corrected chi connectivity index (χ3v) is 4.04. The van der Waals surface area contributed by atoms with Crippen molar-refractivity contribution in [2.75, 3.05) is 0 Å². The van der Waals surface area contributed by atoms with Crippen molar-refractivity contribution in [3.63, 3.8) is 0 Å². The first kappa shape index (κ1) is 13.8. The van der Waals surface area contributed by atoms with Gasteiger partial charge in [0.05, 0.1) is 11.1 Å². The summed E-state index contributed by atoms with van der Waals surface area (Å²) in [6, 6.07) is 12.0. The number of benzene rings is 2. The number of rotatable bonds is 3. The normalized spacial score (nSPS) is 11.0. The second-order valence-electron chi connectivity index (χ2n) is 5.01. The van der Waals surface area contributed by atoms with Crippen LogP contribution in [0.25, 0.3) is 10.9 Å². The van der Waals surface area contributed by atoms with E-state index in [9.17, 15) is 9.18 Å². The molecule has 0 fully saturated rings. The molecular weight excluding hydrogens is 289 g/mol. The van der Waals surface area contributed by atoms with E-state index >= 15 is 0 Å². The summed E-state index contributed by atoms with van der Waals surface area (Å²) in [5, 5.41) is 1.26. The minimum absolute atomic E-state index is 0.271. The number of aryl methyl sites for hydroxylation is 1. The molecule has 2 nitrogen and oxygen atoms in total. The molecule has 0 amide bonds. The minimum Gasteiger partial charge on any atom is -0.326 e. The highest BCUT2D eigenvalue weighted by Crippen LogP contribution is 2.31. The zero-order valence-corrected chi connectivity index (χ0v) is 12.2. The number of halogens is 2. The van der Waals surface area contributed by atoms with E-state index < -0.39 is 0 Å². The molecule has 0 aliphatic carbocycles. The summed E-state index contributed by atoms with van der Waals surface area (Å²) in [6.45, 7) is 2.47. The number of hydrogen-bond donors (Lipinski definition) is 0. The molecule has 0 unspecified atom stereocenters. The molecule has 0 atom stereocenters. The van der Waals surface area contributed by atoms with Gasteiger partial charge in [-0.25, -0.2) is 4.39 Å². The van der Waals surface area contributed by atoms with Gasteiger partial charge in [-0.2, -0.15) is 0 Å². The van der Waals surface area contributed by atoms with Crippen molar-refractivity contribution in [1.82, 2.24) is 4.57 Å². The van der Waals surface area contributed by atoms with Gasteiger partial charge in [-0.05, 0) is 30.2 Å². The first-order valence-corrected chi connectivity index (χ1v) is 6.96. The van der Waals surface area contributed by atoms with Gasteiger partial charge in [-0.3, -0.25) is 4.79 Å². The van der Waals surface area contributed by atoms with Crippen LogP contribution in [0.3, 0.4) is 0 Å². The van der Waals surface area contributed by atoms with E-state index in [1.807, 2.05) is 29.7 Å². The Bertz CT molecular complexity index is 821. The molecule has 2 aromatic carbocycles. The van der Waals surface area contributed by atoms with Crippen molar-refractivity contribution in [2.45, 2.75) is 13.5 Å². The SMILES string of the molecule is Cc1cccc2c(C=O)c(Cl)n(Cc3ccc(F)cc3)c12. The number of aromatic nitrogens is 1. The fraction of sp³-hybridized carbons (Fsp3) is 0.118. The van der Waals surface area contributed by atoms with Crippen molar-refractivity contribution < 1.29 is 9.18 Å². The van der Waals surface area contributed by atoms with Crippen LogP contribution in [0.2, 0.25) is 5.15 Å². The van der Waals surface area contributed by atoms with Gasteiger partial charge in [0.25, 0.3) is 0 Å². The van der Waals surface area contributed by atoms with E-state index in [1.165, 1.54) is 12.1 Å². The molecule has 3 aromatic rings. The van der Waals surface area contributed by atoms with Crippen LogP contribution in [0.15, 0.2) is 42.5 Å². The Morgan fingerprint density at radius 1 is 1.19 bits per heavy atom. The fourth-order valence-corrected chi connectivity index (χ4v) is 2.91. The van der Waals surface area contributed by atoms with E-state index in [2.05, 4.69) is 0 Å². The van der Waals surface area contributed by atoms with Crippen LogP contribution in [-0.4, -0.2) is 10.9 Å². The number of aldehydes is 1. The molecule has 106 valence electrons. The lowest BCUT2D eigenvalue weighted by atomic mass is 10.1. The van der Waals surface area contributed by atoms with E-state index in [0.29, 0.717) is 17.3 Å². The summed E-state index contributed by atoms with van der Waals surface area (Å²) in [5.74, 6) is -0.271. The molecule has 0 N–H and O–H groups in total. The predicted molar refractivity (Wildman–Crippen MR) is 82.6 cm³/mol. The number of hydrogen-bond acceptors (Lipinski definition) is 1. The molecule has 0 aliphatic heterocycles. The van der Waals surface area contributed by atoms with Crippen LogP contribution in [0.4, 0.5) is 4.39 Å². The largest absolute Gasteiger partial charge is 0.326 e.